The lowest BCUT2D eigenvalue weighted by Gasteiger charge is -2.03. The van der Waals surface area contributed by atoms with E-state index in [1.807, 2.05) is 24.3 Å². The second kappa shape index (κ2) is 5.91. The van der Waals surface area contributed by atoms with Crippen molar-refractivity contribution in [1.82, 2.24) is 0 Å². The number of hydrogen-bond acceptors (Lipinski definition) is 4. The molecule has 0 spiro atoms. The van der Waals surface area contributed by atoms with E-state index in [-0.39, 0.29) is 5.75 Å². The van der Waals surface area contributed by atoms with Crippen LogP contribution in [0.25, 0.3) is 0 Å². The van der Waals surface area contributed by atoms with Crippen molar-refractivity contribution in [2.75, 3.05) is 14.2 Å². The fraction of sp³-hybridized carbons (Fsp3) is 0.133. The Morgan fingerprint density at radius 1 is 0.947 bits per heavy atom. The van der Waals surface area contributed by atoms with Crippen LogP contribution in [0.4, 0.5) is 5.69 Å². The van der Waals surface area contributed by atoms with E-state index in [0.717, 1.165) is 11.4 Å². The molecule has 0 radical (unpaired) electrons. The number of phenolic OH excluding ortho intramolecular Hbond substituents is 1. The predicted octanol–water partition coefficient (Wildman–Crippen LogP) is 3.16. The molecule has 2 rings (SSSR count). The van der Waals surface area contributed by atoms with Crippen LogP contribution in [0.15, 0.2) is 47.5 Å². The SMILES string of the molecule is COc1ccc(N=Cc2cc(OC)ccc2O)cc1. The molecular formula is C15H15NO3. The largest absolute Gasteiger partial charge is 0.507 e. The monoisotopic (exact) mass is 257 g/mol. The molecule has 0 aliphatic heterocycles. The molecule has 0 aliphatic carbocycles. The van der Waals surface area contributed by atoms with Crippen molar-refractivity contribution in [3.63, 3.8) is 0 Å². The van der Waals surface area contributed by atoms with Crippen LogP contribution < -0.4 is 9.47 Å². The van der Waals surface area contributed by atoms with Gasteiger partial charge in [-0.25, -0.2) is 0 Å². The third kappa shape index (κ3) is 3.25. The molecule has 0 amide bonds. The van der Waals surface area contributed by atoms with Crippen molar-refractivity contribution in [3.05, 3.63) is 48.0 Å². The summed E-state index contributed by atoms with van der Waals surface area (Å²) in [6.07, 6.45) is 1.60. The number of aliphatic imine (C=N–C) groups is 1. The van der Waals surface area contributed by atoms with E-state index in [2.05, 4.69) is 4.99 Å². The van der Waals surface area contributed by atoms with Crippen LogP contribution in [0.5, 0.6) is 17.2 Å². The average Bonchev–Trinajstić information content (AvgIpc) is 2.47. The van der Waals surface area contributed by atoms with Crippen molar-refractivity contribution in [1.29, 1.82) is 0 Å². The summed E-state index contributed by atoms with van der Waals surface area (Å²) >= 11 is 0. The minimum absolute atomic E-state index is 0.165. The lowest BCUT2D eigenvalue weighted by atomic mass is 10.2. The second-order valence-corrected chi connectivity index (χ2v) is 3.88. The van der Waals surface area contributed by atoms with Crippen LogP contribution in [0.1, 0.15) is 5.56 Å². The number of hydrogen-bond donors (Lipinski definition) is 1. The van der Waals surface area contributed by atoms with Crippen molar-refractivity contribution in [2.24, 2.45) is 4.99 Å². The first-order valence-electron chi connectivity index (χ1n) is 5.78. The Bertz CT molecular complexity index is 576. The van der Waals surface area contributed by atoms with Gasteiger partial charge in [-0.15, -0.1) is 0 Å². The Balaban J connectivity index is 2.21. The van der Waals surface area contributed by atoms with Crippen LogP contribution in [0, 0.1) is 0 Å². The van der Waals surface area contributed by atoms with Gasteiger partial charge in [0.1, 0.15) is 17.2 Å². The molecule has 0 saturated heterocycles. The fourth-order valence-electron chi connectivity index (χ4n) is 1.58. The first-order chi connectivity index (χ1) is 9.22. The van der Waals surface area contributed by atoms with E-state index in [9.17, 15) is 5.11 Å². The third-order valence-corrected chi connectivity index (χ3v) is 2.66. The maximum absolute atomic E-state index is 9.72. The van der Waals surface area contributed by atoms with Gasteiger partial charge < -0.3 is 14.6 Å². The summed E-state index contributed by atoms with van der Waals surface area (Å²) < 4.78 is 10.2. The van der Waals surface area contributed by atoms with Gasteiger partial charge in [-0.1, -0.05) is 0 Å². The molecule has 0 atom stereocenters. The minimum atomic E-state index is 0.165. The van der Waals surface area contributed by atoms with Crippen molar-refractivity contribution >= 4 is 11.9 Å². The Labute approximate surface area is 111 Å². The number of methoxy groups -OCH3 is 2. The van der Waals surface area contributed by atoms with Crippen LogP contribution in [0.3, 0.4) is 0 Å². The number of rotatable bonds is 4. The highest BCUT2D eigenvalue weighted by molar-refractivity contribution is 5.85. The molecule has 98 valence electrons. The number of nitrogens with zero attached hydrogens (tertiary/aromatic N) is 1. The topological polar surface area (TPSA) is 51.0 Å². The minimum Gasteiger partial charge on any atom is -0.507 e. The molecule has 0 heterocycles. The van der Waals surface area contributed by atoms with Crippen molar-refractivity contribution < 1.29 is 14.6 Å². The molecule has 4 nitrogen and oxygen atoms in total. The molecule has 0 aliphatic rings. The lowest BCUT2D eigenvalue weighted by Crippen LogP contribution is -1.87. The highest BCUT2D eigenvalue weighted by atomic mass is 16.5. The van der Waals surface area contributed by atoms with Crippen molar-refractivity contribution in [3.8, 4) is 17.2 Å². The zero-order valence-corrected chi connectivity index (χ0v) is 10.8. The van der Waals surface area contributed by atoms with Gasteiger partial charge in [0, 0.05) is 11.8 Å². The summed E-state index contributed by atoms with van der Waals surface area (Å²) in [4.78, 5) is 4.29. The van der Waals surface area contributed by atoms with Gasteiger partial charge in [-0.3, -0.25) is 4.99 Å². The average molecular weight is 257 g/mol. The molecule has 2 aromatic carbocycles. The maximum Gasteiger partial charge on any atom is 0.124 e. The number of ether oxygens (including phenoxy) is 2. The first-order valence-corrected chi connectivity index (χ1v) is 5.78. The molecule has 0 fully saturated rings. The Kier molecular flexibility index (Phi) is 4.03. The van der Waals surface area contributed by atoms with Gasteiger partial charge in [0.15, 0.2) is 0 Å². The first kappa shape index (κ1) is 13.0. The Morgan fingerprint density at radius 2 is 1.58 bits per heavy atom. The Hall–Kier alpha value is -2.49. The summed E-state index contributed by atoms with van der Waals surface area (Å²) in [6, 6.07) is 12.3. The zero-order valence-electron chi connectivity index (χ0n) is 10.8. The van der Waals surface area contributed by atoms with E-state index in [1.165, 1.54) is 0 Å². The van der Waals surface area contributed by atoms with E-state index >= 15 is 0 Å². The highest BCUT2D eigenvalue weighted by Crippen LogP contribution is 2.23. The smallest absolute Gasteiger partial charge is 0.124 e. The van der Waals surface area contributed by atoms with E-state index < -0.39 is 0 Å². The van der Waals surface area contributed by atoms with Crippen LogP contribution in [-0.4, -0.2) is 25.5 Å². The van der Waals surface area contributed by atoms with Gasteiger partial charge in [-0.2, -0.15) is 0 Å². The van der Waals surface area contributed by atoms with Gasteiger partial charge in [0.2, 0.25) is 0 Å². The molecule has 0 aromatic heterocycles. The van der Waals surface area contributed by atoms with Crippen LogP contribution >= 0.6 is 0 Å². The molecular weight excluding hydrogens is 242 g/mol. The second-order valence-electron chi connectivity index (χ2n) is 3.88. The van der Waals surface area contributed by atoms with E-state index in [1.54, 1.807) is 38.6 Å². The summed E-state index contributed by atoms with van der Waals surface area (Å²) in [5.41, 5.74) is 1.39. The van der Waals surface area contributed by atoms with Crippen LogP contribution in [-0.2, 0) is 0 Å². The molecule has 1 N–H and O–H groups in total. The fourth-order valence-corrected chi connectivity index (χ4v) is 1.58. The summed E-state index contributed by atoms with van der Waals surface area (Å²) in [5, 5.41) is 9.72. The normalized spacial score (nSPS) is 10.6. The number of phenols is 1. The van der Waals surface area contributed by atoms with Gasteiger partial charge in [0.25, 0.3) is 0 Å². The van der Waals surface area contributed by atoms with Crippen LogP contribution in [0.2, 0.25) is 0 Å². The number of aromatic hydroxyl groups is 1. The molecule has 4 heteroatoms. The summed E-state index contributed by atoms with van der Waals surface area (Å²) in [5.74, 6) is 1.62. The van der Waals surface area contributed by atoms with Crippen molar-refractivity contribution in [2.45, 2.75) is 0 Å². The van der Waals surface area contributed by atoms with E-state index in [4.69, 9.17) is 9.47 Å². The van der Waals surface area contributed by atoms with Gasteiger partial charge in [0.05, 0.1) is 19.9 Å². The molecule has 19 heavy (non-hydrogen) atoms. The Morgan fingerprint density at radius 3 is 2.21 bits per heavy atom. The molecule has 0 saturated carbocycles. The summed E-state index contributed by atoms with van der Waals surface area (Å²) in [6.45, 7) is 0. The number of benzene rings is 2. The summed E-state index contributed by atoms with van der Waals surface area (Å²) in [7, 11) is 3.20. The quantitative estimate of drug-likeness (QED) is 0.856. The maximum atomic E-state index is 9.72. The highest BCUT2D eigenvalue weighted by Gasteiger charge is 2.00. The lowest BCUT2D eigenvalue weighted by molar-refractivity contribution is 0.412. The van der Waals surface area contributed by atoms with Gasteiger partial charge in [-0.05, 0) is 42.5 Å². The third-order valence-electron chi connectivity index (χ3n) is 2.66. The molecule has 0 unspecified atom stereocenters. The zero-order chi connectivity index (χ0) is 13.7. The predicted molar refractivity (Wildman–Crippen MR) is 74.9 cm³/mol. The van der Waals surface area contributed by atoms with Gasteiger partial charge >= 0.3 is 0 Å². The van der Waals surface area contributed by atoms with E-state index in [0.29, 0.717) is 11.3 Å². The molecule has 2 aromatic rings. The standard InChI is InChI=1S/C15H15NO3/c1-18-13-5-3-12(4-6-13)16-10-11-9-14(19-2)7-8-15(11)17/h3-10,17H,1-2H3. The molecule has 0 bridgehead atoms.